The van der Waals surface area contributed by atoms with Gasteiger partial charge in [-0.25, -0.2) is 0 Å². The third-order valence-corrected chi connectivity index (χ3v) is 8.04. The molecule has 1 saturated heterocycles. The number of rotatable bonds is 10. The second kappa shape index (κ2) is 10.7. The fourth-order valence-electron chi connectivity index (χ4n) is 5.86. The first kappa shape index (κ1) is 26.0. The molecule has 3 amide bonds. The number of nitrogens with two attached hydrogens (primary N) is 1. The molecular weight excluding hydrogens is 432 g/mol. The van der Waals surface area contributed by atoms with Crippen LogP contribution >= 0.6 is 0 Å². The molecule has 0 aromatic carbocycles. The van der Waals surface area contributed by atoms with Gasteiger partial charge < -0.3 is 21.3 Å². The molecule has 8 heteroatoms. The number of Topliss-reactive ketones (excluding diaryl/α,β-unsaturated/α-hetero) is 1. The molecule has 4 N–H and O–H groups in total. The largest absolute Gasteiger partial charge is 0.346 e. The highest BCUT2D eigenvalue weighted by molar-refractivity contribution is 6.38. The molecule has 0 bridgehead atoms. The minimum atomic E-state index is -1.06. The van der Waals surface area contributed by atoms with E-state index in [4.69, 9.17) is 12.2 Å². The zero-order valence-corrected chi connectivity index (χ0v) is 20.3. The number of amides is 3. The highest BCUT2D eigenvalue weighted by Crippen LogP contribution is 2.65. The number of hydrogen-bond donors (Lipinski definition) is 3. The van der Waals surface area contributed by atoms with Gasteiger partial charge in [-0.2, -0.15) is 0 Å². The van der Waals surface area contributed by atoms with E-state index in [1.165, 1.54) is 6.08 Å². The second-order valence-corrected chi connectivity index (χ2v) is 10.5. The Balaban J connectivity index is 1.75. The molecule has 8 nitrogen and oxygen atoms in total. The van der Waals surface area contributed by atoms with Gasteiger partial charge in [-0.15, -0.1) is 18.9 Å². The first-order chi connectivity index (χ1) is 16.1. The van der Waals surface area contributed by atoms with Gasteiger partial charge in [-0.05, 0) is 42.4 Å². The van der Waals surface area contributed by atoms with Crippen molar-refractivity contribution >= 4 is 23.5 Å². The summed E-state index contributed by atoms with van der Waals surface area (Å²) < 4.78 is 0. The van der Waals surface area contributed by atoms with Crippen LogP contribution in [0.5, 0.6) is 0 Å². The van der Waals surface area contributed by atoms with Gasteiger partial charge in [-0.3, -0.25) is 19.2 Å². The molecule has 2 aliphatic carbocycles. The summed E-state index contributed by atoms with van der Waals surface area (Å²) in [5.74, 6) is 0.620. The Hall–Kier alpha value is -2.66. The van der Waals surface area contributed by atoms with E-state index in [0.29, 0.717) is 6.54 Å². The van der Waals surface area contributed by atoms with Crippen molar-refractivity contribution in [1.82, 2.24) is 15.5 Å². The van der Waals surface area contributed by atoms with Crippen molar-refractivity contribution in [3.8, 4) is 12.3 Å². The second-order valence-electron chi connectivity index (χ2n) is 10.5. The Labute approximate surface area is 202 Å². The SMILES string of the molecule is C#CCCC(NC(=O)[C@@H]1C2C(CN1C(=O)[C@@H](N)C1CCCCC1)C2(C)C)C(=O)C(=O)NCC=C. The molecular formula is C26H38N4O4. The third kappa shape index (κ3) is 5.20. The number of carbonyl (C=O) groups excluding carboxylic acids is 4. The molecule has 1 aliphatic heterocycles. The van der Waals surface area contributed by atoms with Crippen LogP contribution in [0, 0.1) is 35.5 Å². The van der Waals surface area contributed by atoms with Crippen molar-refractivity contribution in [3.05, 3.63) is 12.7 Å². The van der Waals surface area contributed by atoms with E-state index in [1.54, 1.807) is 4.90 Å². The molecule has 1 heterocycles. The minimum Gasteiger partial charge on any atom is -0.346 e. The van der Waals surface area contributed by atoms with Crippen molar-refractivity contribution in [3.63, 3.8) is 0 Å². The van der Waals surface area contributed by atoms with Crippen LogP contribution in [0.2, 0.25) is 0 Å². The normalized spacial score (nSPS) is 27.0. The van der Waals surface area contributed by atoms with Crippen LogP contribution in [0.15, 0.2) is 12.7 Å². The number of hydrogen-bond acceptors (Lipinski definition) is 5. The van der Waals surface area contributed by atoms with Crippen molar-refractivity contribution in [1.29, 1.82) is 0 Å². The van der Waals surface area contributed by atoms with Gasteiger partial charge in [-0.1, -0.05) is 39.2 Å². The van der Waals surface area contributed by atoms with E-state index in [9.17, 15) is 19.2 Å². The van der Waals surface area contributed by atoms with E-state index in [2.05, 4.69) is 37.0 Å². The predicted octanol–water partition coefficient (Wildman–Crippen LogP) is 1.15. The highest BCUT2D eigenvalue weighted by atomic mass is 16.2. The van der Waals surface area contributed by atoms with Crippen molar-refractivity contribution < 1.29 is 19.2 Å². The summed E-state index contributed by atoms with van der Waals surface area (Å²) in [7, 11) is 0. The molecule has 34 heavy (non-hydrogen) atoms. The van der Waals surface area contributed by atoms with Gasteiger partial charge in [0.05, 0.1) is 12.1 Å². The van der Waals surface area contributed by atoms with Crippen LogP contribution in [0.4, 0.5) is 0 Å². The van der Waals surface area contributed by atoms with Crippen LogP contribution in [-0.2, 0) is 19.2 Å². The number of fused-ring (bicyclic) bond motifs is 1. The van der Waals surface area contributed by atoms with Crippen LogP contribution in [-0.4, -0.2) is 59.6 Å². The summed E-state index contributed by atoms with van der Waals surface area (Å²) in [5, 5.41) is 5.19. The van der Waals surface area contributed by atoms with Crippen LogP contribution in [0.3, 0.4) is 0 Å². The first-order valence-electron chi connectivity index (χ1n) is 12.4. The molecule has 0 aromatic heterocycles. The molecule has 3 fully saturated rings. The number of nitrogens with zero attached hydrogens (tertiary/aromatic N) is 1. The monoisotopic (exact) mass is 470 g/mol. The van der Waals surface area contributed by atoms with Gasteiger partial charge in [0.25, 0.3) is 5.91 Å². The Kier molecular flexibility index (Phi) is 8.19. The van der Waals surface area contributed by atoms with Gasteiger partial charge in [0.1, 0.15) is 6.04 Å². The maximum absolute atomic E-state index is 13.5. The molecule has 0 spiro atoms. The number of carbonyl (C=O) groups is 4. The lowest BCUT2D eigenvalue weighted by Crippen LogP contribution is -2.58. The predicted molar refractivity (Wildman–Crippen MR) is 129 cm³/mol. The molecule has 3 rings (SSSR count). The topological polar surface area (TPSA) is 122 Å². The molecule has 0 radical (unpaired) electrons. The summed E-state index contributed by atoms with van der Waals surface area (Å²) >= 11 is 0. The first-order valence-corrected chi connectivity index (χ1v) is 12.4. The molecule has 3 aliphatic rings. The number of nitrogens with one attached hydrogen (secondary N) is 2. The molecule has 3 unspecified atom stereocenters. The lowest BCUT2D eigenvalue weighted by atomic mass is 9.83. The van der Waals surface area contributed by atoms with Gasteiger partial charge in [0.15, 0.2) is 0 Å². The Bertz CT molecular complexity index is 871. The Morgan fingerprint density at radius 1 is 1.24 bits per heavy atom. The van der Waals surface area contributed by atoms with Crippen molar-refractivity contribution in [2.75, 3.05) is 13.1 Å². The molecule has 2 saturated carbocycles. The Morgan fingerprint density at radius 2 is 1.91 bits per heavy atom. The zero-order valence-electron chi connectivity index (χ0n) is 20.3. The smallest absolute Gasteiger partial charge is 0.289 e. The zero-order chi connectivity index (χ0) is 25.0. The Morgan fingerprint density at radius 3 is 2.53 bits per heavy atom. The average molecular weight is 471 g/mol. The lowest BCUT2D eigenvalue weighted by Gasteiger charge is -2.35. The van der Waals surface area contributed by atoms with E-state index < -0.39 is 35.7 Å². The van der Waals surface area contributed by atoms with E-state index >= 15 is 0 Å². The molecule has 186 valence electrons. The summed E-state index contributed by atoms with van der Waals surface area (Å²) in [4.78, 5) is 53.5. The van der Waals surface area contributed by atoms with Crippen LogP contribution in [0.1, 0.15) is 58.8 Å². The van der Waals surface area contributed by atoms with Crippen LogP contribution < -0.4 is 16.4 Å². The number of piperidine rings is 1. The summed E-state index contributed by atoms with van der Waals surface area (Å²) in [6, 6.07) is -2.39. The lowest BCUT2D eigenvalue weighted by molar-refractivity contribution is -0.144. The van der Waals surface area contributed by atoms with Gasteiger partial charge >= 0.3 is 0 Å². The summed E-state index contributed by atoms with van der Waals surface area (Å²) in [6.07, 6.45) is 12.4. The number of terminal acetylenes is 1. The number of likely N-dealkylation sites (tertiary alicyclic amines) is 1. The van der Waals surface area contributed by atoms with Crippen molar-refractivity contribution in [2.45, 2.75) is 76.9 Å². The third-order valence-electron chi connectivity index (χ3n) is 8.04. The minimum absolute atomic E-state index is 0.00650. The average Bonchev–Trinajstić information content (AvgIpc) is 3.16. The molecule has 5 atom stereocenters. The fourth-order valence-corrected chi connectivity index (χ4v) is 5.86. The van der Waals surface area contributed by atoms with Gasteiger partial charge in [0, 0.05) is 19.5 Å². The quantitative estimate of drug-likeness (QED) is 0.251. The summed E-state index contributed by atoms with van der Waals surface area (Å²) in [5.41, 5.74) is 6.33. The maximum Gasteiger partial charge on any atom is 0.289 e. The van der Waals surface area contributed by atoms with E-state index in [1.807, 2.05) is 0 Å². The summed E-state index contributed by atoms with van der Waals surface area (Å²) in [6.45, 7) is 8.33. The standard InChI is InChI=1S/C26H38N4O4/c1-5-7-13-18(22(31)24(33)28-14-6-2)29-23(32)21-19-17(26(19,3)4)15-30(21)25(34)20(27)16-11-9-8-10-12-16/h1,6,16-21H,2,7-15,27H2,3-4H3,(H,28,33)(H,29,32)/t17?,18?,19?,20-,21-/m0/s1. The van der Waals surface area contributed by atoms with E-state index in [-0.39, 0.29) is 48.5 Å². The highest BCUT2D eigenvalue weighted by Gasteiger charge is 2.69. The number of ketones is 1. The van der Waals surface area contributed by atoms with E-state index in [0.717, 1.165) is 32.1 Å². The van der Waals surface area contributed by atoms with Gasteiger partial charge in [0.2, 0.25) is 17.6 Å². The fraction of sp³-hybridized carbons (Fsp3) is 0.692. The van der Waals surface area contributed by atoms with Crippen molar-refractivity contribution in [2.24, 2.45) is 28.9 Å². The maximum atomic E-state index is 13.5. The van der Waals surface area contributed by atoms with Crippen LogP contribution in [0.25, 0.3) is 0 Å². The molecule has 0 aromatic rings.